The number of nitrogens with one attached hydrogen (secondary N) is 2. The molecule has 1 aromatic heterocycles. The summed E-state index contributed by atoms with van der Waals surface area (Å²) >= 11 is 5.20. The molecule has 0 spiro atoms. The lowest BCUT2D eigenvalue weighted by Crippen LogP contribution is -2.34. The summed E-state index contributed by atoms with van der Waals surface area (Å²) in [6.45, 7) is 3.53. The Labute approximate surface area is 193 Å². The van der Waals surface area contributed by atoms with Crippen LogP contribution in [-0.2, 0) is 0 Å². The predicted octanol–water partition coefficient (Wildman–Crippen LogP) is 4.85. The van der Waals surface area contributed by atoms with E-state index in [2.05, 4.69) is 15.6 Å². The molecule has 0 aliphatic rings. The van der Waals surface area contributed by atoms with E-state index >= 15 is 0 Å². The van der Waals surface area contributed by atoms with Gasteiger partial charge >= 0.3 is 0 Å². The average molecular weight is 462 g/mol. The number of aromatic hydroxyl groups is 1. The van der Waals surface area contributed by atoms with Crippen molar-refractivity contribution in [3.05, 3.63) is 81.4 Å². The van der Waals surface area contributed by atoms with Crippen LogP contribution in [0, 0.1) is 24.0 Å². The van der Waals surface area contributed by atoms with Crippen LogP contribution in [0.5, 0.6) is 5.75 Å². The molecule has 4 rings (SSSR count). The maximum atomic E-state index is 12.5. The van der Waals surface area contributed by atoms with Gasteiger partial charge in [0.2, 0.25) is 5.89 Å². The highest BCUT2D eigenvalue weighted by atomic mass is 32.1. The highest BCUT2D eigenvalue weighted by Crippen LogP contribution is 2.33. The molecule has 0 radical (unpaired) electrons. The first kappa shape index (κ1) is 21.9. The summed E-state index contributed by atoms with van der Waals surface area (Å²) < 4.78 is 5.78. The Balaban J connectivity index is 1.52. The number of phenolic OH excluding ortho intramolecular Hbond substituents is 1. The van der Waals surface area contributed by atoms with Gasteiger partial charge in [0.25, 0.3) is 11.6 Å². The second-order valence-corrected chi connectivity index (χ2v) is 7.80. The molecule has 166 valence electrons. The van der Waals surface area contributed by atoms with Gasteiger partial charge in [0.05, 0.1) is 10.5 Å². The summed E-state index contributed by atoms with van der Waals surface area (Å²) in [5.41, 5.74) is 3.48. The Morgan fingerprint density at radius 1 is 1.12 bits per heavy atom. The van der Waals surface area contributed by atoms with E-state index in [0.29, 0.717) is 27.9 Å². The zero-order valence-corrected chi connectivity index (χ0v) is 18.4. The predicted molar refractivity (Wildman–Crippen MR) is 127 cm³/mol. The van der Waals surface area contributed by atoms with E-state index < -0.39 is 10.8 Å². The fourth-order valence-corrected chi connectivity index (χ4v) is 3.43. The number of carbonyl (C=O) groups is 1. The quantitative estimate of drug-likeness (QED) is 0.170. The van der Waals surface area contributed by atoms with Crippen molar-refractivity contribution in [1.29, 1.82) is 0 Å². The molecule has 9 nitrogen and oxygen atoms in total. The van der Waals surface area contributed by atoms with Gasteiger partial charge in [0.1, 0.15) is 11.3 Å². The number of benzene rings is 3. The van der Waals surface area contributed by atoms with Crippen LogP contribution < -0.4 is 10.6 Å². The molecule has 0 aliphatic carbocycles. The van der Waals surface area contributed by atoms with Crippen molar-refractivity contribution < 1.29 is 19.2 Å². The number of rotatable bonds is 4. The molecule has 0 atom stereocenters. The number of oxazole rings is 1. The second kappa shape index (κ2) is 8.67. The summed E-state index contributed by atoms with van der Waals surface area (Å²) in [5, 5.41) is 26.7. The van der Waals surface area contributed by atoms with Gasteiger partial charge < -0.3 is 14.8 Å². The van der Waals surface area contributed by atoms with Gasteiger partial charge in [-0.15, -0.1) is 0 Å². The molecular weight excluding hydrogens is 444 g/mol. The van der Waals surface area contributed by atoms with Gasteiger partial charge in [-0.1, -0.05) is 12.1 Å². The van der Waals surface area contributed by atoms with Gasteiger partial charge in [-0.05, 0) is 68.0 Å². The number of amides is 1. The molecule has 10 heteroatoms. The van der Waals surface area contributed by atoms with E-state index in [1.165, 1.54) is 24.3 Å². The lowest BCUT2D eigenvalue weighted by atomic mass is 10.1. The summed E-state index contributed by atoms with van der Waals surface area (Å²) in [6, 6.07) is 14.4. The molecular formula is C23H18N4O5S. The zero-order valence-electron chi connectivity index (χ0n) is 17.6. The first-order valence-electron chi connectivity index (χ1n) is 9.79. The largest absolute Gasteiger partial charge is 0.507 e. The highest BCUT2D eigenvalue weighted by molar-refractivity contribution is 7.80. The molecule has 0 bridgehead atoms. The molecule has 3 aromatic carbocycles. The Morgan fingerprint density at radius 2 is 1.91 bits per heavy atom. The van der Waals surface area contributed by atoms with Crippen LogP contribution in [0.1, 0.15) is 21.5 Å². The van der Waals surface area contributed by atoms with Crippen molar-refractivity contribution in [2.24, 2.45) is 0 Å². The normalized spacial score (nSPS) is 10.7. The highest BCUT2D eigenvalue weighted by Gasteiger charge is 2.17. The maximum Gasteiger partial charge on any atom is 0.273 e. The minimum Gasteiger partial charge on any atom is -0.507 e. The minimum atomic E-state index is -0.594. The molecule has 1 amide bonds. The van der Waals surface area contributed by atoms with Gasteiger partial charge in [0.15, 0.2) is 10.7 Å². The number of aryl methyl sites for hydroxylation is 2. The van der Waals surface area contributed by atoms with Crippen molar-refractivity contribution in [1.82, 2.24) is 10.3 Å². The Bertz CT molecular complexity index is 1430. The van der Waals surface area contributed by atoms with Crippen LogP contribution in [0.15, 0.2) is 59.0 Å². The lowest BCUT2D eigenvalue weighted by molar-refractivity contribution is -0.385. The number of hydrogen-bond acceptors (Lipinski definition) is 7. The maximum absolute atomic E-state index is 12.5. The number of phenols is 1. The van der Waals surface area contributed by atoms with Crippen molar-refractivity contribution >= 4 is 45.7 Å². The number of carbonyl (C=O) groups excluding carboxylic acids is 1. The van der Waals surface area contributed by atoms with Crippen molar-refractivity contribution in [2.75, 3.05) is 5.32 Å². The summed E-state index contributed by atoms with van der Waals surface area (Å²) in [4.78, 5) is 27.5. The first-order valence-corrected chi connectivity index (χ1v) is 10.2. The number of nitro groups is 1. The summed E-state index contributed by atoms with van der Waals surface area (Å²) in [7, 11) is 0. The SMILES string of the molecule is Cc1ccc2nc(-c3cc(NC(=S)NC(=O)c4ccc(C)c([N+](=O)[O-])c4)ccc3O)oc2c1. The van der Waals surface area contributed by atoms with Gasteiger partial charge in [-0.3, -0.25) is 20.2 Å². The van der Waals surface area contributed by atoms with Crippen LogP contribution in [0.25, 0.3) is 22.6 Å². The third-order valence-electron chi connectivity index (χ3n) is 4.92. The van der Waals surface area contributed by atoms with Crippen molar-refractivity contribution in [2.45, 2.75) is 13.8 Å². The fourth-order valence-electron chi connectivity index (χ4n) is 3.22. The van der Waals surface area contributed by atoms with E-state index in [0.717, 1.165) is 5.56 Å². The van der Waals surface area contributed by atoms with Crippen molar-refractivity contribution in [3.8, 4) is 17.2 Å². The molecule has 4 aromatic rings. The van der Waals surface area contributed by atoms with Crippen LogP contribution in [0.2, 0.25) is 0 Å². The van der Waals surface area contributed by atoms with E-state index in [-0.39, 0.29) is 28.0 Å². The van der Waals surface area contributed by atoms with Crippen LogP contribution >= 0.6 is 12.2 Å². The monoisotopic (exact) mass is 462 g/mol. The Kier molecular flexibility index (Phi) is 5.76. The standard InChI is InChI=1S/C23H18N4O5S/c1-12-3-7-17-20(9-12)32-22(25-17)16-11-15(6-8-19(16)28)24-23(33)26-21(29)14-5-4-13(2)18(10-14)27(30)31/h3-11,28H,1-2H3,(H2,24,26,29,33). The number of aromatic nitrogens is 1. The van der Waals surface area contributed by atoms with E-state index in [1.54, 1.807) is 19.1 Å². The second-order valence-electron chi connectivity index (χ2n) is 7.39. The van der Waals surface area contributed by atoms with Crippen LogP contribution in [-0.4, -0.2) is 26.0 Å². The third kappa shape index (κ3) is 4.65. The average Bonchev–Trinajstić information content (AvgIpc) is 3.18. The number of hydrogen-bond donors (Lipinski definition) is 3. The van der Waals surface area contributed by atoms with Crippen LogP contribution in [0.3, 0.4) is 0 Å². The molecule has 0 fully saturated rings. The minimum absolute atomic E-state index is 0.0203. The van der Waals surface area contributed by atoms with E-state index in [4.69, 9.17) is 16.6 Å². The molecule has 33 heavy (non-hydrogen) atoms. The molecule has 0 unspecified atom stereocenters. The summed E-state index contributed by atoms with van der Waals surface area (Å²) in [5.74, 6) is -0.395. The number of nitrogens with zero attached hydrogens (tertiary/aromatic N) is 2. The number of anilines is 1. The van der Waals surface area contributed by atoms with Gasteiger partial charge in [-0.2, -0.15) is 0 Å². The Hall–Kier alpha value is -4.31. The molecule has 3 N–H and O–H groups in total. The number of thiocarbonyl (C=S) groups is 1. The summed E-state index contributed by atoms with van der Waals surface area (Å²) in [6.07, 6.45) is 0. The first-order chi connectivity index (χ1) is 15.7. The Morgan fingerprint density at radius 3 is 2.67 bits per heavy atom. The number of nitro benzene ring substituents is 1. The van der Waals surface area contributed by atoms with E-state index in [1.807, 2.05) is 25.1 Å². The lowest BCUT2D eigenvalue weighted by Gasteiger charge is -2.11. The fraction of sp³-hybridized carbons (Fsp3) is 0.0870. The van der Waals surface area contributed by atoms with Crippen LogP contribution in [0.4, 0.5) is 11.4 Å². The molecule has 0 saturated heterocycles. The van der Waals surface area contributed by atoms with Gasteiger partial charge in [0, 0.05) is 22.9 Å². The molecule has 0 saturated carbocycles. The van der Waals surface area contributed by atoms with E-state index in [9.17, 15) is 20.0 Å². The van der Waals surface area contributed by atoms with Gasteiger partial charge in [-0.25, -0.2) is 4.98 Å². The number of fused-ring (bicyclic) bond motifs is 1. The smallest absolute Gasteiger partial charge is 0.273 e. The molecule has 0 aliphatic heterocycles. The topological polar surface area (TPSA) is 131 Å². The molecule has 1 heterocycles. The zero-order chi connectivity index (χ0) is 23.7. The third-order valence-corrected chi connectivity index (χ3v) is 5.13. The van der Waals surface area contributed by atoms with Crippen molar-refractivity contribution in [3.63, 3.8) is 0 Å².